The molecule has 2 atom stereocenters. The molecule has 2 unspecified atom stereocenters. The topological polar surface area (TPSA) is 84.5 Å². The van der Waals surface area contributed by atoms with E-state index in [9.17, 15) is 27.6 Å². The standard InChI is InChI=1S/C23H23F3N2O4S/c1-12-4-5-15(8-13(12)2)14(3)27-20(29)11-32-21(30)10-19-22(31)28-17-9-16(23(24,25)26)6-7-18(17)33-19/h4-9,14,19H,10-11H2,1-3H3,(H,27,29)(H,28,31). The number of rotatable bonds is 6. The minimum Gasteiger partial charge on any atom is -0.456 e. The quantitative estimate of drug-likeness (QED) is 0.593. The number of hydrogen-bond donors (Lipinski definition) is 2. The van der Waals surface area contributed by atoms with Crippen LogP contribution in [0.25, 0.3) is 0 Å². The highest BCUT2D eigenvalue weighted by molar-refractivity contribution is 8.01. The van der Waals surface area contributed by atoms with E-state index in [-0.39, 0.29) is 18.2 Å². The molecule has 1 heterocycles. The second-order valence-electron chi connectivity index (χ2n) is 7.80. The average molecular weight is 481 g/mol. The SMILES string of the molecule is Cc1ccc(C(C)NC(=O)COC(=O)CC2Sc3ccc(C(F)(F)F)cc3NC2=O)cc1C. The number of fused-ring (bicyclic) bond motifs is 1. The van der Waals surface area contributed by atoms with E-state index >= 15 is 0 Å². The van der Waals surface area contributed by atoms with Crippen LogP contribution in [0.3, 0.4) is 0 Å². The number of halogens is 3. The molecule has 1 aliphatic rings. The second-order valence-corrected chi connectivity index (χ2v) is 9.05. The largest absolute Gasteiger partial charge is 0.456 e. The molecule has 0 bridgehead atoms. The molecule has 0 saturated carbocycles. The molecule has 0 fully saturated rings. The fourth-order valence-corrected chi connectivity index (χ4v) is 4.29. The molecule has 0 radical (unpaired) electrons. The van der Waals surface area contributed by atoms with Crippen molar-refractivity contribution in [1.29, 1.82) is 0 Å². The number of carbonyl (C=O) groups is 3. The van der Waals surface area contributed by atoms with Crippen molar-refractivity contribution in [2.75, 3.05) is 11.9 Å². The summed E-state index contributed by atoms with van der Waals surface area (Å²) in [6.45, 7) is 5.28. The van der Waals surface area contributed by atoms with Crippen LogP contribution in [0.4, 0.5) is 18.9 Å². The van der Waals surface area contributed by atoms with Crippen molar-refractivity contribution < 1.29 is 32.3 Å². The van der Waals surface area contributed by atoms with E-state index in [2.05, 4.69) is 10.6 Å². The molecular formula is C23H23F3N2O4S. The van der Waals surface area contributed by atoms with E-state index in [1.807, 2.05) is 39.0 Å². The Morgan fingerprint density at radius 1 is 1.15 bits per heavy atom. The van der Waals surface area contributed by atoms with Crippen molar-refractivity contribution in [1.82, 2.24) is 5.32 Å². The smallest absolute Gasteiger partial charge is 0.416 e. The molecule has 0 spiro atoms. The minimum atomic E-state index is -4.53. The molecule has 176 valence electrons. The molecule has 2 N–H and O–H groups in total. The predicted molar refractivity (Wildman–Crippen MR) is 118 cm³/mol. The molecule has 0 saturated heterocycles. The number of thioether (sulfide) groups is 1. The van der Waals surface area contributed by atoms with Crippen molar-refractivity contribution >= 4 is 35.2 Å². The Balaban J connectivity index is 1.51. The number of ether oxygens (including phenoxy) is 1. The lowest BCUT2D eigenvalue weighted by Crippen LogP contribution is -2.34. The molecule has 2 amide bonds. The van der Waals surface area contributed by atoms with Crippen molar-refractivity contribution in [2.24, 2.45) is 0 Å². The van der Waals surface area contributed by atoms with Crippen LogP contribution in [-0.2, 0) is 25.3 Å². The number of hydrogen-bond acceptors (Lipinski definition) is 5. The summed E-state index contributed by atoms with van der Waals surface area (Å²) in [5.74, 6) is -1.84. The number of aryl methyl sites for hydroxylation is 2. The van der Waals surface area contributed by atoms with Crippen molar-refractivity contribution in [3.8, 4) is 0 Å². The third kappa shape index (κ3) is 6.28. The van der Waals surface area contributed by atoms with Crippen LogP contribution in [0, 0.1) is 13.8 Å². The first-order valence-corrected chi connectivity index (χ1v) is 11.0. The van der Waals surface area contributed by atoms with E-state index < -0.39 is 41.4 Å². The van der Waals surface area contributed by atoms with E-state index in [0.29, 0.717) is 4.90 Å². The number of benzene rings is 2. The molecule has 33 heavy (non-hydrogen) atoms. The van der Waals surface area contributed by atoms with Gasteiger partial charge in [0.15, 0.2) is 6.61 Å². The van der Waals surface area contributed by atoms with Crippen molar-refractivity contribution in [3.63, 3.8) is 0 Å². The Labute approximate surface area is 193 Å². The lowest BCUT2D eigenvalue weighted by Gasteiger charge is -2.24. The first kappa shape index (κ1) is 24.6. The summed E-state index contributed by atoms with van der Waals surface area (Å²) in [6, 6.07) is 8.59. The first-order chi connectivity index (χ1) is 15.4. The van der Waals surface area contributed by atoms with Crippen LogP contribution >= 0.6 is 11.8 Å². The Kier molecular flexibility index (Phi) is 7.36. The molecule has 1 aliphatic heterocycles. The molecule has 0 aliphatic carbocycles. The molecule has 3 rings (SSSR count). The van der Waals surface area contributed by atoms with E-state index in [1.54, 1.807) is 0 Å². The zero-order chi connectivity index (χ0) is 24.3. The highest BCUT2D eigenvalue weighted by atomic mass is 32.2. The van der Waals surface area contributed by atoms with Crippen molar-refractivity contribution in [2.45, 2.75) is 49.6 Å². The van der Waals surface area contributed by atoms with Gasteiger partial charge in [-0.3, -0.25) is 14.4 Å². The Hall–Kier alpha value is -3.01. The summed E-state index contributed by atoms with van der Waals surface area (Å²) in [6.07, 6.45) is -4.85. The number of esters is 1. The molecule has 6 nitrogen and oxygen atoms in total. The predicted octanol–water partition coefficient (Wildman–Crippen LogP) is 4.55. The van der Waals surface area contributed by atoms with Gasteiger partial charge in [-0.25, -0.2) is 0 Å². The number of anilines is 1. The monoisotopic (exact) mass is 480 g/mol. The van der Waals surface area contributed by atoms with E-state index in [0.717, 1.165) is 40.6 Å². The summed E-state index contributed by atoms with van der Waals surface area (Å²) in [5, 5.41) is 4.27. The maximum absolute atomic E-state index is 12.8. The fraction of sp³-hybridized carbons (Fsp3) is 0.348. The summed E-state index contributed by atoms with van der Waals surface area (Å²) < 4.78 is 43.5. The summed E-state index contributed by atoms with van der Waals surface area (Å²) in [7, 11) is 0. The summed E-state index contributed by atoms with van der Waals surface area (Å²) in [4.78, 5) is 37.0. The molecule has 0 aromatic heterocycles. The van der Waals surface area contributed by atoms with Crippen LogP contribution in [0.2, 0.25) is 0 Å². The van der Waals surface area contributed by atoms with Gasteiger partial charge in [0, 0.05) is 4.90 Å². The lowest BCUT2D eigenvalue weighted by molar-refractivity contribution is -0.149. The van der Waals surface area contributed by atoms with E-state index in [4.69, 9.17) is 4.74 Å². The van der Waals surface area contributed by atoms with Gasteiger partial charge in [0.05, 0.1) is 29.0 Å². The maximum atomic E-state index is 12.8. The highest BCUT2D eigenvalue weighted by Gasteiger charge is 2.34. The number of alkyl halides is 3. The van der Waals surface area contributed by atoms with Gasteiger partial charge in [-0.2, -0.15) is 13.2 Å². The molecule has 2 aromatic rings. The van der Waals surface area contributed by atoms with Gasteiger partial charge in [-0.15, -0.1) is 11.8 Å². The Bertz CT molecular complexity index is 1090. The highest BCUT2D eigenvalue weighted by Crippen LogP contribution is 2.40. The third-order valence-corrected chi connectivity index (χ3v) is 6.53. The molecule has 2 aromatic carbocycles. The number of nitrogens with one attached hydrogen (secondary N) is 2. The van der Waals surface area contributed by atoms with Gasteiger partial charge in [0.1, 0.15) is 0 Å². The summed E-state index contributed by atoms with van der Waals surface area (Å²) >= 11 is 0.977. The van der Waals surface area contributed by atoms with Crippen LogP contribution in [-0.4, -0.2) is 29.6 Å². The number of amides is 2. The average Bonchev–Trinajstić information content (AvgIpc) is 2.73. The van der Waals surface area contributed by atoms with Gasteiger partial charge >= 0.3 is 12.1 Å². The maximum Gasteiger partial charge on any atom is 0.416 e. The van der Waals surface area contributed by atoms with Gasteiger partial charge in [0.2, 0.25) is 5.91 Å². The third-order valence-electron chi connectivity index (χ3n) is 5.25. The molecular weight excluding hydrogens is 457 g/mol. The fourth-order valence-electron chi connectivity index (χ4n) is 3.22. The van der Waals surface area contributed by atoms with Crippen LogP contribution in [0.5, 0.6) is 0 Å². The van der Waals surface area contributed by atoms with Gasteiger partial charge in [-0.05, 0) is 55.7 Å². The van der Waals surface area contributed by atoms with Crippen LogP contribution in [0.1, 0.15) is 41.6 Å². The molecule has 10 heteroatoms. The van der Waals surface area contributed by atoms with E-state index in [1.165, 1.54) is 6.07 Å². The second kappa shape index (κ2) is 9.86. The zero-order valence-electron chi connectivity index (χ0n) is 18.2. The lowest BCUT2D eigenvalue weighted by atomic mass is 10.0. The minimum absolute atomic E-state index is 0.0455. The Morgan fingerprint density at radius 3 is 2.55 bits per heavy atom. The van der Waals surface area contributed by atoms with Gasteiger partial charge in [-0.1, -0.05) is 18.2 Å². The van der Waals surface area contributed by atoms with Crippen LogP contribution < -0.4 is 10.6 Å². The van der Waals surface area contributed by atoms with Crippen molar-refractivity contribution in [3.05, 3.63) is 58.7 Å². The first-order valence-electron chi connectivity index (χ1n) is 10.1. The van der Waals surface area contributed by atoms with Gasteiger partial charge < -0.3 is 15.4 Å². The summed E-state index contributed by atoms with van der Waals surface area (Å²) in [5.41, 5.74) is 2.32. The van der Waals surface area contributed by atoms with Gasteiger partial charge in [0.25, 0.3) is 5.91 Å². The Morgan fingerprint density at radius 2 is 1.88 bits per heavy atom. The number of carbonyl (C=O) groups excluding carboxylic acids is 3. The zero-order valence-corrected chi connectivity index (χ0v) is 19.0. The van der Waals surface area contributed by atoms with Crippen LogP contribution in [0.15, 0.2) is 41.3 Å². The normalized spacial score (nSPS) is 16.4.